The zero-order valence-electron chi connectivity index (χ0n) is 14.1. The SMILES string of the molecule is O=C(CC1CC1)NCC[C@@]12CCO[C@@H]1CCN(c1ncccn1)C2. The Kier molecular flexibility index (Phi) is 4.39. The Morgan fingerprint density at radius 1 is 1.33 bits per heavy atom. The zero-order chi connectivity index (χ0) is 16.4. The summed E-state index contributed by atoms with van der Waals surface area (Å²) >= 11 is 0. The second-order valence-electron chi connectivity index (χ2n) is 7.48. The van der Waals surface area contributed by atoms with Crippen molar-refractivity contribution < 1.29 is 9.53 Å². The van der Waals surface area contributed by atoms with Crippen LogP contribution in [0, 0.1) is 11.3 Å². The predicted molar refractivity (Wildman–Crippen MR) is 90.6 cm³/mol. The molecule has 6 heteroatoms. The number of aromatic nitrogens is 2. The van der Waals surface area contributed by atoms with Gasteiger partial charge in [0.1, 0.15) is 0 Å². The number of hydrogen-bond acceptors (Lipinski definition) is 5. The number of carbonyl (C=O) groups excluding carboxylic acids is 1. The molecule has 0 radical (unpaired) electrons. The van der Waals surface area contributed by atoms with E-state index in [1.807, 2.05) is 6.07 Å². The van der Waals surface area contributed by atoms with Crippen molar-refractivity contribution in [1.82, 2.24) is 15.3 Å². The van der Waals surface area contributed by atoms with Gasteiger partial charge in [0.2, 0.25) is 11.9 Å². The monoisotopic (exact) mass is 330 g/mol. The molecule has 24 heavy (non-hydrogen) atoms. The predicted octanol–water partition coefficient (Wildman–Crippen LogP) is 1.77. The van der Waals surface area contributed by atoms with Crippen LogP contribution in [0.5, 0.6) is 0 Å². The van der Waals surface area contributed by atoms with E-state index in [4.69, 9.17) is 4.74 Å². The van der Waals surface area contributed by atoms with E-state index < -0.39 is 0 Å². The number of nitrogens with zero attached hydrogens (tertiary/aromatic N) is 3. The number of hydrogen-bond donors (Lipinski definition) is 1. The lowest BCUT2D eigenvalue weighted by atomic mass is 9.74. The summed E-state index contributed by atoms with van der Waals surface area (Å²) in [5.41, 5.74) is 0.115. The van der Waals surface area contributed by atoms with Gasteiger partial charge in [-0.25, -0.2) is 9.97 Å². The van der Waals surface area contributed by atoms with Crippen molar-refractivity contribution in [3.63, 3.8) is 0 Å². The number of ether oxygens (including phenoxy) is 1. The minimum Gasteiger partial charge on any atom is -0.377 e. The van der Waals surface area contributed by atoms with Crippen LogP contribution in [0.2, 0.25) is 0 Å². The highest BCUT2D eigenvalue weighted by Crippen LogP contribution is 2.44. The lowest BCUT2D eigenvalue weighted by Crippen LogP contribution is -2.51. The van der Waals surface area contributed by atoms with E-state index >= 15 is 0 Å². The molecule has 1 saturated carbocycles. The van der Waals surface area contributed by atoms with Crippen LogP contribution in [-0.4, -0.2) is 48.2 Å². The van der Waals surface area contributed by atoms with Gasteiger partial charge in [-0.05, 0) is 44.1 Å². The molecular formula is C18H26N4O2. The normalized spacial score (nSPS) is 29.3. The minimum atomic E-state index is 0.115. The molecule has 3 fully saturated rings. The Labute approximate surface area is 143 Å². The van der Waals surface area contributed by atoms with Crippen molar-refractivity contribution in [3.8, 4) is 0 Å². The Bertz CT molecular complexity index is 578. The van der Waals surface area contributed by atoms with Crippen LogP contribution < -0.4 is 10.2 Å². The van der Waals surface area contributed by atoms with Gasteiger partial charge in [-0.15, -0.1) is 0 Å². The lowest BCUT2D eigenvalue weighted by Gasteiger charge is -2.43. The highest BCUT2D eigenvalue weighted by Gasteiger charge is 2.47. The second-order valence-corrected chi connectivity index (χ2v) is 7.48. The Balaban J connectivity index is 1.37. The molecular weight excluding hydrogens is 304 g/mol. The number of anilines is 1. The van der Waals surface area contributed by atoms with Gasteiger partial charge in [0, 0.05) is 50.5 Å². The maximum atomic E-state index is 11.9. The first-order valence-corrected chi connectivity index (χ1v) is 9.15. The molecule has 0 spiro atoms. The van der Waals surface area contributed by atoms with Gasteiger partial charge in [-0.3, -0.25) is 4.79 Å². The molecule has 0 unspecified atom stereocenters. The third-order valence-electron chi connectivity index (χ3n) is 5.72. The van der Waals surface area contributed by atoms with Gasteiger partial charge in [0.25, 0.3) is 0 Å². The first kappa shape index (κ1) is 15.8. The molecule has 2 aliphatic heterocycles. The molecule has 3 aliphatic rings. The topological polar surface area (TPSA) is 67.3 Å². The average molecular weight is 330 g/mol. The van der Waals surface area contributed by atoms with Gasteiger partial charge >= 0.3 is 0 Å². The Morgan fingerprint density at radius 2 is 2.17 bits per heavy atom. The van der Waals surface area contributed by atoms with E-state index in [1.165, 1.54) is 12.8 Å². The van der Waals surface area contributed by atoms with Gasteiger partial charge < -0.3 is 15.0 Å². The summed E-state index contributed by atoms with van der Waals surface area (Å²) in [6.07, 6.45) is 10.1. The van der Waals surface area contributed by atoms with E-state index in [0.717, 1.165) is 51.5 Å². The van der Waals surface area contributed by atoms with Gasteiger partial charge in [0.15, 0.2) is 0 Å². The molecule has 2 saturated heterocycles. The van der Waals surface area contributed by atoms with E-state index in [0.29, 0.717) is 18.4 Å². The van der Waals surface area contributed by atoms with Crippen LogP contribution in [0.4, 0.5) is 5.95 Å². The molecule has 1 aliphatic carbocycles. The second kappa shape index (κ2) is 6.67. The molecule has 2 atom stereocenters. The fourth-order valence-corrected chi connectivity index (χ4v) is 4.14. The molecule has 4 rings (SSSR count). The van der Waals surface area contributed by atoms with Crippen LogP contribution in [-0.2, 0) is 9.53 Å². The molecule has 1 aromatic rings. The van der Waals surface area contributed by atoms with Crippen LogP contribution in [0.25, 0.3) is 0 Å². The number of rotatable bonds is 6. The van der Waals surface area contributed by atoms with Crippen molar-refractivity contribution in [1.29, 1.82) is 0 Å². The van der Waals surface area contributed by atoms with Crippen molar-refractivity contribution in [2.75, 3.05) is 31.1 Å². The number of nitrogens with one attached hydrogen (secondary N) is 1. The van der Waals surface area contributed by atoms with Gasteiger partial charge in [0.05, 0.1) is 6.10 Å². The van der Waals surface area contributed by atoms with Crippen molar-refractivity contribution >= 4 is 11.9 Å². The minimum absolute atomic E-state index is 0.115. The van der Waals surface area contributed by atoms with Crippen LogP contribution in [0.3, 0.4) is 0 Å². The number of piperidine rings is 1. The maximum absolute atomic E-state index is 11.9. The highest BCUT2D eigenvalue weighted by atomic mass is 16.5. The van der Waals surface area contributed by atoms with E-state index in [-0.39, 0.29) is 11.3 Å². The lowest BCUT2D eigenvalue weighted by molar-refractivity contribution is -0.121. The Morgan fingerprint density at radius 3 is 2.96 bits per heavy atom. The fourth-order valence-electron chi connectivity index (χ4n) is 4.14. The highest BCUT2D eigenvalue weighted by molar-refractivity contribution is 5.76. The smallest absolute Gasteiger partial charge is 0.225 e. The quantitative estimate of drug-likeness (QED) is 0.861. The molecule has 0 aromatic carbocycles. The summed E-state index contributed by atoms with van der Waals surface area (Å²) in [6, 6.07) is 1.85. The van der Waals surface area contributed by atoms with Crippen molar-refractivity contribution in [3.05, 3.63) is 18.5 Å². The summed E-state index contributed by atoms with van der Waals surface area (Å²) in [5, 5.41) is 3.12. The number of amides is 1. The third-order valence-corrected chi connectivity index (χ3v) is 5.72. The van der Waals surface area contributed by atoms with Gasteiger partial charge in [-0.2, -0.15) is 0 Å². The summed E-state index contributed by atoms with van der Waals surface area (Å²) < 4.78 is 6.00. The average Bonchev–Trinajstić information content (AvgIpc) is 3.31. The van der Waals surface area contributed by atoms with Crippen molar-refractivity contribution in [2.45, 2.75) is 44.6 Å². The molecule has 130 valence electrons. The van der Waals surface area contributed by atoms with E-state index in [1.54, 1.807) is 12.4 Å². The standard InChI is InChI=1S/C18H26N4O2/c23-16(12-14-2-3-14)19-9-5-18-6-11-24-15(18)4-10-22(13-18)17-20-7-1-8-21-17/h1,7-8,14-15H,2-6,9-13H2,(H,19,23)/t15-,18+/m1/s1. The zero-order valence-corrected chi connectivity index (χ0v) is 14.1. The maximum Gasteiger partial charge on any atom is 0.225 e. The van der Waals surface area contributed by atoms with Crippen LogP contribution in [0.15, 0.2) is 18.5 Å². The van der Waals surface area contributed by atoms with Crippen molar-refractivity contribution in [2.24, 2.45) is 11.3 Å². The first-order chi connectivity index (χ1) is 11.8. The van der Waals surface area contributed by atoms with E-state index in [2.05, 4.69) is 20.2 Å². The molecule has 1 aromatic heterocycles. The van der Waals surface area contributed by atoms with Crippen LogP contribution >= 0.6 is 0 Å². The molecule has 3 heterocycles. The number of fused-ring (bicyclic) bond motifs is 1. The summed E-state index contributed by atoms with van der Waals surface area (Å²) in [4.78, 5) is 23.0. The summed E-state index contributed by atoms with van der Waals surface area (Å²) in [7, 11) is 0. The molecule has 1 N–H and O–H groups in total. The molecule has 0 bridgehead atoms. The largest absolute Gasteiger partial charge is 0.377 e. The summed E-state index contributed by atoms with van der Waals surface area (Å²) in [5.74, 6) is 1.66. The third kappa shape index (κ3) is 3.38. The fraction of sp³-hybridized carbons (Fsp3) is 0.722. The van der Waals surface area contributed by atoms with E-state index in [9.17, 15) is 4.79 Å². The Hall–Kier alpha value is -1.69. The van der Waals surface area contributed by atoms with Gasteiger partial charge in [-0.1, -0.05) is 0 Å². The number of carbonyl (C=O) groups is 1. The van der Waals surface area contributed by atoms with Crippen LogP contribution in [0.1, 0.15) is 38.5 Å². The molecule has 1 amide bonds. The summed E-state index contributed by atoms with van der Waals surface area (Å²) in [6.45, 7) is 3.42. The molecule has 6 nitrogen and oxygen atoms in total. The first-order valence-electron chi connectivity index (χ1n) is 9.15.